The fraction of sp³-hybridized carbons (Fsp3) is 0.316. The fourth-order valence-corrected chi connectivity index (χ4v) is 2.59. The number of para-hydroxylation sites is 1. The Kier molecular flexibility index (Phi) is 7.96. The Hall–Kier alpha value is -2.21. The van der Waals surface area contributed by atoms with E-state index >= 15 is 0 Å². The first-order valence-electron chi connectivity index (χ1n) is 8.04. The Bertz CT molecular complexity index is 717. The van der Waals surface area contributed by atoms with Gasteiger partial charge < -0.3 is 11.1 Å². The van der Waals surface area contributed by atoms with Gasteiger partial charge in [-0.15, -0.1) is 12.4 Å². The van der Waals surface area contributed by atoms with Crippen molar-refractivity contribution in [3.8, 4) is 0 Å². The van der Waals surface area contributed by atoms with E-state index in [-0.39, 0.29) is 24.4 Å². The van der Waals surface area contributed by atoms with Gasteiger partial charge in [0.25, 0.3) is 0 Å². The monoisotopic (exact) mass is 386 g/mol. The van der Waals surface area contributed by atoms with E-state index in [4.69, 9.17) is 5.73 Å². The van der Waals surface area contributed by atoms with Gasteiger partial charge in [-0.1, -0.05) is 30.3 Å². The van der Waals surface area contributed by atoms with Gasteiger partial charge in [-0.05, 0) is 49.1 Å². The van der Waals surface area contributed by atoms with E-state index < -0.39 is 11.7 Å². The van der Waals surface area contributed by atoms with E-state index in [0.29, 0.717) is 24.9 Å². The van der Waals surface area contributed by atoms with Crippen molar-refractivity contribution in [1.82, 2.24) is 5.32 Å². The lowest BCUT2D eigenvalue weighted by Gasteiger charge is -2.15. The number of amides is 1. The van der Waals surface area contributed by atoms with Crippen LogP contribution in [0.5, 0.6) is 0 Å². The Balaban J connectivity index is 0.00000338. The minimum Gasteiger partial charge on any atom is -0.399 e. The van der Waals surface area contributed by atoms with Crippen LogP contribution in [0, 0.1) is 0 Å². The summed E-state index contributed by atoms with van der Waals surface area (Å²) < 4.78 is 37.6. The van der Waals surface area contributed by atoms with Crippen molar-refractivity contribution >= 4 is 24.0 Å². The van der Waals surface area contributed by atoms with E-state index in [2.05, 4.69) is 5.32 Å². The second-order valence-corrected chi connectivity index (χ2v) is 6.07. The number of carbonyl (C=O) groups excluding carboxylic acids is 1. The van der Waals surface area contributed by atoms with Crippen LogP contribution in [0.15, 0.2) is 48.5 Å². The van der Waals surface area contributed by atoms with Gasteiger partial charge in [0.15, 0.2) is 0 Å². The maximum Gasteiger partial charge on any atom is 0.416 e. The highest BCUT2D eigenvalue weighted by Gasteiger charge is 2.29. The molecular weight excluding hydrogens is 365 g/mol. The number of hydrogen-bond acceptors (Lipinski definition) is 2. The molecule has 0 aromatic heterocycles. The average molecular weight is 387 g/mol. The zero-order valence-corrected chi connectivity index (χ0v) is 15.2. The van der Waals surface area contributed by atoms with Crippen LogP contribution in [0.4, 0.5) is 18.9 Å². The molecule has 0 saturated carbocycles. The largest absolute Gasteiger partial charge is 0.416 e. The third kappa shape index (κ3) is 6.59. The van der Waals surface area contributed by atoms with Crippen molar-refractivity contribution in [3.63, 3.8) is 0 Å². The lowest BCUT2D eigenvalue weighted by atomic mass is 10.0. The Morgan fingerprint density at radius 3 is 2.31 bits per heavy atom. The number of rotatable bonds is 6. The smallest absolute Gasteiger partial charge is 0.399 e. The normalized spacial score (nSPS) is 12.2. The first-order valence-corrected chi connectivity index (χ1v) is 8.04. The molecule has 0 radical (unpaired) electrons. The Morgan fingerprint density at radius 2 is 1.73 bits per heavy atom. The molecule has 3 N–H and O–H groups in total. The van der Waals surface area contributed by atoms with Gasteiger partial charge in [-0.25, -0.2) is 0 Å². The van der Waals surface area contributed by atoms with Gasteiger partial charge in [0, 0.05) is 18.2 Å². The van der Waals surface area contributed by atoms with Crippen LogP contribution in [0.1, 0.15) is 30.0 Å². The predicted octanol–water partition coefficient (Wildman–Crippen LogP) is 4.39. The second kappa shape index (κ2) is 9.48. The molecule has 3 nitrogen and oxygen atoms in total. The minimum absolute atomic E-state index is 0. The van der Waals surface area contributed by atoms with E-state index in [1.807, 2.05) is 25.1 Å². The third-order valence-electron chi connectivity index (χ3n) is 3.91. The molecule has 0 spiro atoms. The topological polar surface area (TPSA) is 55.1 Å². The molecule has 142 valence electrons. The molecule has 1 atom stereocenters. The van der Waals surface area contributed by atoms with Crippen molar-refractivity contribution < 1.29 is 18.0 Å². The number of nitrogens with one attached hydrogen (secondary N) is 1. The first kappa shape index (κ1) is 21.8. The van der Waals surface area contributed by atoms with E-state index in [1.165, 1.54) is 12.1 Å². The van der Waals surface area contributed by atoms with Crippen molar-refractivity contribution in [1.29, 1.82) is 0 Å². The number of carbonyl (C=O) groups is 1. The van der Waals surface area contributed by atoms with E-state index in [1.54, 1.807) is 6.07 Å². The lowest BCUT2D eigenvalue weighted by molar-refractivity contribution is -0.137. The molecule has 0 aliphatic rings. The zero-order chi connectivity index (χ0) is 18.4. The van der Waals surface area contributed by atoms with Crippen LogP contribution < -0.4 is 11.1 Å². The molecule has 26 heavy (non-hydrogen) atoms. The Morgan fingerprint density at radius 1 is 1.12 bits per heavy atom. The molecule has 0 heterocycles. The molecule has 1 unspecified atom stereocenters. The lowest BCUT2D eigenvalue weighted by Crippen LogP contribution is -2.34. The summed E-state index contributed by atoms with van der Waals surface area (Å²) in [5.74, 6) is -0.109. The molecule has 0 fully saturated rings. The summed E-state index contributed by atoms with van der Waals surface area (Å²) in [6.45, 7) is 1.83. The van der Waals surface area contributed by atoms with Gasteiger partial charge in [-0.3, -0.25) is 4.79 Å². The molecule has 2 aromatic rings. The highest BCUT2D eigenvalue weighted by molar-refractivity contribution is 5.85. The minimum atomic E-state index is -4.34. The van der Waals surface area contributed by atoms with E-state index in [0.717, 1.165) is 23.3 Å². The van der Waals surface area contributed by atoms with Crippen LogP contribution >= 0.6 is 12.4 Å². The third-order valence-corrected chi connectivity index (χ3v) is 3.91. The molecule has 0 bridgehead atoms. The number of halogens is 4. The number of nitrogen functional groups attached to an aromatic ring is 1. The highest BCUT2D eigenvalue weighted by atomic mass is 35.5. The molecule has 2 rings (SSSR count). The van der Waals surface area contributed by atoms with E-state index in [9.17, 15) is 18.0 Å². The Labute approximate surface area is 157 Å². The zero-order valence-electron chi connectivity index (χ0n) is 14.3. The summed E-state index contributed by atoms with van der Waals surface area (Å²) >= 11 is 0. The van der Waals surface area contributed by atoms with Crippen molar-refractivity contribution in [2.45, 2.75) is 38.4 Å². The molecule has 1 amide bonds. The van der Waals surface area contributed by atoms with Crippen LogP contribution in [0.2, 0.25) is 0 Å². The summed E-state index contributed by atoms with van der Waals surface area (Å²) in [4.78, 5) is 12.0. The van der Waals surface area contributed by atoms with Crippen LogP contribution in [-0.2, 0) is 23.8 Å². The molecule has 0 aliphatic carbocycles. The summed E-state index contributed by atoms with van der Waals surface area (Å²) in [6.07, 6.45) is -3.01. The standard InChI is InChI=1S/C19H21F3N2O.ClH/c1-13(12-14-6-9-16(10-7-14)19(20,21)22)24-18(25)11-8-15-4-2-3-5-17(15)23;/h2-7,9-10,13H,8,11-12,23H2,1H3,(H,24,25);1H. The second-order valence-electron chi connectivity index (χ2n) is 6.07. The first-order chi connectivity index (χ1) is 11.8. The van der Waals surface area contributed by atoms with Gasteiger partial charge in [-0.2, -0.15) is 13.2 Å². The quantitative estimate of drug-likeness (QED) is 0.723. The van der Waals surface area contributed by atoms with Gasteiger partial charge >= 0.3 is 6.18 Å². The number of benzene rings is 2. The van der Waals surface area contributed by atoms with Crippen LogP contribution in [0.25, 0.3) is 0 Å². The van der Waals surface area contributed by atoms with Gasteiger partial charge in [0.2, 0.25) is 5.91 Å². The average Bonchev–Trinajstić information content (AvgIpc) is 2.53. The summed E-state index contributed by atoms with van der Waals surface area (Å²) in [7, 11) is 0. The molecule has 2 aromatic carbocycles. The molecule has 0 aliphatic heterocycles. The fourth-order valence-electron chi connectivity index (χ4n) is 2.59. The maximum atomic E-state index is 12.5. The summed E-state index contributed by atoms with van der Waals surface area (Å²) in [5, 5.41) is 2.86. The predicted molar refractivity (Wildman–Crippen MR) is 99.2 cm³/mol. The molecule has 7 heteroatoms. The number of nitrogens with two attached hydrogens (primary N) is 1. The van der Waals surface area contributed by atoms with Gasteiger partial charge in [0.1, 0.15) is 0 Å². The van der Waals surface area contributed by atoms with Crippen molar-refractivity contribution in [2.24, 2.45) is 0 Å². The number of alkyl halides is 3. The molecular formula is C19H22ClF3N2O. The highest BCUT2D eigenvalue weighted by Crippen LogP contribution is 2.29. The number of aryl methyl sites for hydroxylation is 1. The maximum absolute atomic E-state index is 12.5. The van der Waals surface area contributed by atoms with Crippen molar-refractivity contribution in [2.75, 3.05) is 5.73 Å². The summed E-state index contributed by atoms with van der Waals surface area (Å²) in [6, 6.07) is 12.2. The SMILES string of the molecule is CC(Cc1ccc(C(F)(F)F)cc1)NC(=O)CCc1ccccc1N.Cl. The summed E-state index contributed by atoms with van der Waals surface area (Å²) in [5.41, 5.74) is 7.50. The van der Waals surface area contributed by atoms with Gasteiger partial charge in [0.05, 0.1) is 5.56 Å². The van der Waals surface area contributed by atoms with Crippen LogP contribution in [-0.4, -0.2) is 11.9 Å². The number of anilines is 1. The van der Waals surface area contributed by atoms with Crippen LogP contribution in [0.3, 0.4) is 0 Å². The van der Waals surface area contributed by atoms with Crippen molar-refractivity contribution in [3.05, 3.63) is 65.2 Å². The molecule has 0 saturated heterocycles. The number of hydrogen-bond donors (Lipinski definition) is 2.